The molecule has 94 valence electrons. The molecule has 0 unspecified atom stereocenters. The quantitative estimate of drug-likeness (QED) is 0.916. The highest BCUT2D eigenvalue weighted by atomic mass is 79.9. The van der Waals surface area contributed by atoms with Gasteiger partial charge < -0.3 is 10.5 Å². The third kappa shape index (κ3) is 3.25. The van der Waals surface area contributed by atoms with Crippen LogP contribution in [-0.2, 0) is 13.2 Å². The Labute approximate surface area is 120 Å². The van der Waals surface area contributed by atoms with E-state index in [4.69, 9.17) is 22.1 Å². The molecular weight excluding hydrogens is 314 g/mol. The summed E-state index contributed by atoms with van der Waals surface area (Å²) in [6.07, 6.45) is 0. The summed E-state index contributed by atoms with van der Waals surface area (Å²) >= 11 is 9.60. The largest absolute Gasteiger partial charge is 0.488 e. The van der Waals surface area contributed by atoms with Crippen molar-refractivity contribution in [1.82, 2.24) is 0 Å². The molecule has 0 aliphatic carbocycles. The molecule has 2 nitrogen and oxygen atoms in total. The summed E-state index contributed by atoms with van der Waals surface area (Å²) in [4.78, 5) is 0. The minimum absolute atomic E-state index is 0.437. The monoisotopic (exact) mass is 325 g/mol. The Kier molecular flexibility index (Phi) is 4.64. The Balaban J connectivity index is 2.09. The Morgan fingerprint density at radius 3 is 2.61 bits per heavy atom. The lowest BCUT2D eigenvalue weighted by Crippen LogP contribution is -2.00. The lowest BCUT2D eigenvalue weighted by Gasteiger charge is -2.10. The maximum absolute atomic E-state index is 6.17. The SMILES string of the molecule is NCc1ccc(COc2ccccc2Br)c(Cl)c1. The van der Waals surface area contributed by atoms with E-state index in [1.54, 1.807) is 0 Å². The number of ether oxygens (including phenoxy) is 1. The fourth-order valence-electron chi connectivity index (χ4n) is 1.55. The highest BCUT2D eigenvalue weighted by Crippen LogP contribution is 2.26. The van der Waals surface area contributed by atoms with Crippen molar-refractivity contribution in [2.45, 2.75) is 13.2 Å². The van der Waals surface area contributed by atoms with Crippen LogP contribution in [0.15, 0.2) is 46.9 Å². The van der Waals surface area contributed by atoms with Gasteiger partial charge in [-0.3, -0.25) is 0 Å². The molecule has 0 bridgehead atoms. The van der Waals surface area contributed by atoms with E-state index in [0.717, 1.165) is 21.3 Å². The molecule has 4 heteroatoms. The number of benzene rings is 2. The van der Waals surface area contributed by atoms with E-state index in [2.05, 4.69) is 15.9 Å². The Morgan fingerprint density at radius 2 is 1.94 bits per heavy atom. The first-order valence-corrected chi connectivity index (χ1v) is 6.72. The van der Waals surface area contributed by atoms with Crippen molar-refractivity contribution in [3.8, 4) is 5.75 Å². The molecular formula is C14H13BrClNO. The number of halogens is 2. The van der Waals surface area contributed by atoms with Crippen LogP contribution in [-0.4, -0.2) is 0 Å². The first-order valence-electron chi connectivity index (χ1n) is 5.55. The van der Waals surface area contributed by atoms with E-state index >= 15 is 0 Å². The van der Waals surface area contributed by atoms with Gasteiger partial charge in [0.2, 0.25) is 0 Å². The maximum atomic E-state index is 6.17. The highest BCUT2D eigenvalue weighted by Gasteiger charge is 2.04. The molecule has 2 rings (SSSR count). The second-order valence-electron chi connectivity index (χ2n) is 3.85. The minimum atomic E-state index is 0.437. The number of rotatable bonds is 4. The van der Waals surface area contributed by atoms with Gasteiger partial charge in [0.1, 0.15) is 12.4 Å². The molecule has 0 aliphatic rings. The summed E-state index contributed by atoms with van der Waals surface area (Å²) in [5.41, 5.74) is 7.52. The molecule has 0 aliphatic heterocycles. The fraction of sp³-hybridized carbons (Fsp3) is 0.143. The van der Waals surface area contributed by atoms with Gasteiger partial charge in [0.25, 0.3) is 0 Å². The summed E-state index contributed by atoms with van der Waals surface area (Å²) in [7, 11) is 0. The van der Waals surface area contributed by atoms with Crippen molar-refractivity contribution in [3.63, 3.8) is 0 Å². The van der Waals surface area contributed by atoms with Gasteiger partial charge in [0, 0.05) is 17.1 Å². The van der Waals surface area contributed by atoms with Crippen LogP contribution in [0.5, 0.6) is 5.75 Å². The van der Waals surface area contributed by atoms with Gasteiger partial charge >= 0.3 is 0 Å². The summed E-state index contributed by atoms with van der Waals surface area (Å²) in [6.45, 7) is 0.928. The van der Waals surface area contributed by atoms with Gasteiger partial charge in [-0.25, -0.2) is 0 Å². The predicted octanol–water partition coefficient (Wildman–Crippen LogP) is 4.14. The number of nitrogens with two attached hydrogens (primary N) is 1. The summed E-state index contributed by atoms with van der Waals surface area (Å²) in [5, 5.41) is 0.685. The van der Waals surface area contributed by atoms with E-state index in [0.29, 0.717) is 18.2 Å². The lowest BCUT2D eigenvalue weighted by atomic mass is 10.1. The van der Waals surface area contributed by atoms with Gasteiger partial charge in [-0.15, -0.1) is 0 Å². The van der Waals surface area contributed by atoms with Crippen molar-refractivity contribution in [1.29, 1.82) is 0 Å². The second kappa shape index (κ2) is 6.23. The lowest BCUT2D eigenvalue weighted by molar-refractivity contribution is 0.304. The van der Waals surface area contributed by atoms with Gasteiger partial charge in [-0.1, -0.05) is 35.9 Å². The number of hydrogen-bond donors (Lipinski definition) is 1. The third-order valence-electron chi connectivity index (χ3n) is 2.57. The van der Waals surface area contributed by atoms with Crippen LogP contribution >= 0.6 is 27.5 Å². The van der Waals surface area contributed by atoms with Crippen LogP contribution in [0.2, 0.25) is 5.02 Å². The zero-order chi connectivity index (χ0) is 13.0. The van der Waals surface area contributed by atoms with E-state index in [1.165, 1.54) is 0 Å². The molecule has 2 N–H and O–H groups in total. The van der Waals surface area contributed by atoms with E-state index in [1.807, 2.05) is 42.5 Å². The van der Waals surface area contributed by atoms with Crippen molar-refractivity contribution in [2.75, 3.05) is 0 Å². The standard InChI is InChI=1S/C14H13BrClNO/c15-12-3-1-2-4-14(12)18-9-11-6-5-10(8-17)7-13(11)16/h1-7H,8-9,17H2. The third-order valence-corrected chi connectivity index (χ3v) is 3.58. The topological polar surface area (TPSA) is 35.2 Å². The van der Waals surface area contributed by atoms with Crippen LogP contribution < -0.4 is 10.5 Å². The Morgan fingerprint density at radius 1 is 1.17 bits per heavy atom. The molecule has 0 saturated heterocycles. The molecule has 0 amide bonds. The van der Waals surface area contributed by atoms with Crippen LogP contribution in [0, 0.1) is 0 Å². The van der Waals surface area contributed by atoms with Crippen molar-refractivity contribution in [2.24, 2.45) is 5.73 Å². The first-order chi connectivity index (χ1) is 8.70. The van der Waals surface area contributed by atoms with Crippen LogP contribution in [0.25, 0.3) is 0 Å². The van der Waals surface area contributed by atoms with E-state index < -0.39 is 0 Å². The molecule has 2 aromatic rings. The zero-order valence-electron chi connectivity index (χ0n) is 9.70. The summed E-state index contributed by atoms with van der Waals surface area (Å²) in [6, 6.07) is 13.5. The van der Waals surface area contributed by atoms with Crippen LogP contribution in [0.1, 0.15) is 11.1 Å². The zero-order valence-corrected chi connectivity index (χ0v) is 12.0. The molecule has 0 aromatic heterocycles. The fourth-order valence-corrected chi connectivity index (χ4v) is 2.21. The van der Waals surface area contributed by atoms with Gasteiger partial charge in [0.15, 0.2) is 0 Å². The predicted molar refractivity (Wildman–Crippen MR) is 77.8 cm³/mol. The molecule has 0 radical (unpaired) electrons. The molecule has 0 heterocycles. The van der Waals surface area contributed by atoms with Crippen molar-refractivity contribution >= 4 is 27.5 Å². The smallest absolute Gasteiger partial charge is 0.133 e. The minimum Gasteiger partial charge on any atom is -0.488 e. The number of hydrogen-bond acceptors (Lipinski definition) is 2. The normalized spacial score (nSPS) is 10.4. The first kappa shape index (κ1) is 13.4. The second-order valence-corrected chi connectivity index (χ2v) is 5.11. The van der Waals surface area contributed by atoms with Crippen molar-refractivity contribution < 1.29 is 4.74 Å². The molecule has 2 aromatic carbocycles. The van der Waals surface area contributed by atoms with E-state index in [-0.39, 0.29) is 0 Å². The Hall–Kier alpha value is -1.03. The summed E-state index contributed by atoms with van der Waals surface area (Å²) in [5.74, 6) is 0.802. The van der Waals surface area contributed by atoms with Gasteiger partial charge in [0.05, 0.1) is 4.47 Å². The summed E-state index contributed by atoms with van der Waals surface area (Å²) < 4.78 is 6.64. The molecule has 0 atom stereocenters. The number of para-hydroxylation sites is 1. The van der Waals surface area contributed by atoms with Crippen LogP contribution in [0.3, 0.4) is 0 Å². The molecule has 18 heavy (non-hydrogen) atoms. The van der Waals surface area contributed by atoms with E-state index in [9.17, 15) is 0 Å². The average molecular weight is 327 g/mol. The van der Waals surface area contributed by atoms with Crippen molar-refractivity contribution in [3.05, 3.63) is 63.1 Å². The maximum Gasteiger partial charge on any atom is 0.133 e. The molecule has 0 fully saturated rings. The van der Waals surface area contributed by atoms with Gasteiger partial charge in [-0.2, -0.15) is 0 Å². The molecule has 0 spiro atoms. The van der Waals surface area contributed by atoms with Gasteiger partial charge in [-0.05, 0) is 39.7 Å². The van der Waals surface area contributed by atoms with Crippen LogP contribution in [0.4, 0.5) is 0 Å². The highest BCUT2D eigenvalue weighted by molar-refractivity contribution is 9.10. The average Bonchev–Trinajstić information content (AvgIpc) is 2.39. The molecule has 0 saturated carbocycles. The Bertz CT molecular complexity index is 545.